The first-order valence-electron chi connectivity index (χ1n) is 6.43. The van der Waals surface area contributed by atoms with Crippen LogP contribution < -0.4 is 5.32 Å². The molecule has 1 unspecified atom stereocenters. The lowest BCUT2D eigenvalue weighted by Crippen LogP contribution is -2.39. The lowest BCUT2D eigenvalue weighted by atomic mass is 10.1. The van der Waals surface area contributed by atoms with E-state index in [1.54, 1.807) is 0 Å². The number of rotatable bonds is 4. The van der Waals surface area contributed by atoms with Gasteiger partial charge in [0.25, 0.3) is 0 Å². The first-order valence-corrected chi connectivity index (χ1v) is 7.31. The predicted octanol–water partition coefficient (Wildman–Crippen LogP) is 4.04. The molecule has 3 heteroatoms. The predicted molar refractivity (Wildman–Crippen MR) is 81.4 cm³/mol. The Labute approximate surface area is 114 Å². The van der Waals surface area contributed by atoms with Gasteiger partial charge in [0.2, 0.25) is 0 Å². The van der Waals surface area contributed by atoms with Gasteiger partial charge in [0.1, 0.15) is 0 Å². The standard InChI is InChI=1S/C15H22N2S/c1-11(10-16-15(2,3)4)18-14-9-12-7-5-6-8-13(12)17-14/h5-9,11,16-17H,10H2,1-4H3. The third-order valence-corrected chi connectivity index (χ3v) is 3.80. The Bertz CT molecular complexity index is 477. The summed E-state index contributed by atoms with van der Waals surface area (Å²) in [6, 6.07) is 10.6. The molecule has 0 aliphatic heterocycles. The van der Waals surface area contributed by atoms with Crippen molar-refractivity contribution in [2.24, 2.45) is 0 Å². The molecular weight excluding hydrogens is 240 g/mol. The first kappa shape index (κ1) is 13.5. The molecule has 1 aromatic carbocycles. The smallest absolute Gasteiger partial charge is 0.0735 e. The monoisotopic (exact) mass is 262 g/mol. The zero-order chi connectivity index (χ0) is 13.2. The summed E-state index contributed by atoms with van der Waals surface area (Å²) < 4.78 is 0. The summed E-state index contributed by atoms with van der Waals surface area (Å²) in [6.45, 7) is 9.88. The Kier molecular flexibility index (Phi) is 4.03. The molecule has 0 fully saturated rings. The van der Waals surface area contributed by atoms with E-state index in [2.05, 4.69) is 68.3 Å². The molecule has 0 aliphatic carbocycles. The number of thioether (sulfide) groups is 1. The van der Waals surface area contributed by atoms with Crippen molar-refractivity contribution in [3.63, 3.8) is 0 Å². The summed E-state index contributed by atoms with van der Waals surface area (Å²) in [5, 5.41) is 6.63. The minimum Gasteiger partial charge on any atom is -0.350 e. The molecule has 2 N–H and O–H groups in total. The van der Waals surface area contributed by atoms with Gasteiger partial charge in [0.15, 0.2) is 0 Å². The molecule has 1 aromatic heterocycles. The lowest BCUT2D eigenvalue weighted by Gasteiger charge is -2.22. The molecule has 1 heterocycles. The van der Waals surface area contributed by atoms with Gasteiger partial charge >= 0.3 is 0 Å². The van der Waals surface area contributed by atoms with Crippen LogP contribution in [0.25, 0.3) is 10.9 Å². The number of nitrogens with one attached hydrogen (secondary N) is 2. The average molecular weight is 262 g/mol. The van der Waals surface area contributed by atoms with E-state index in [0.29, 0.717) is 5.25 Å². The van der Waals surface area contributed by atoms with Crippen LogP contribution in [0.3, 0.4) is 0 Å². The maximum Gasteiger partial charge on any atom is 0.0735 e. The van der Waals surface area contributed by atoms with Crippen LogP contribution in [0, 0.1) is 0 Å². The number of benzene rings is 1. The van der Waals surface area contributed by atoms with Crippen LogP contribution in [0.5, 0.6) is 0 Å². The van der Waals surface area contributed by atoms with Gasteiger partial charge in [-0.05, 0) is 32.9 Å². The average Bonchev–Trinajstić information content (AvgIpc) is 2.67. The van der Waals surface area contributed by atoms with Crippen molar-refractivity contribution in [2.45, 2.75) is 43.5 Å². The van der Waals surface area contributed by atoms with Gasteiger partial charge in [-0.2, -0.15) is 0 Å². The third-order valence-electron chi connectivity index (χ3n) is 2.75. The molecule has 2 rings (SSSR count). The van der Waals surface area contributed by atoms with Crippen LogP contribution in [0.2, 0.25) is 0 Å². The van der Waals surface area contributed by atoms with Gasteiger partial charge < -0.3 is 10.3 Å². The van der Waals surface area contributed by atoms with E-state index in [0.717, 1.165) is 6.54 Å². The third kappa shape index (κ3) is 3.79. The minimum absolute atomic E-state index is 0.190. The van der Waals surface area contributed by atoms with Crippen molar-refractivity contribution >= 4 is 22.7 Å². The van der Waals surface area contributed by atoms with Gasteiger partial charge in [-0.15, -0.1) is 11.8 Å². The molecule has 0 amide bonds. The second-order valence-electron chi connectivity index (χ2n) is 5.78. The molecule has 0 saturated heterocycles. The van der Waals surface area contributed by atoms with Crippen molar-refractivity contribution in [2.75, 3.05) is 6.54 Å². The highest BCUT2D eigenvalue weighted by Crippen LogP contribution is 2.26. The molecule has 0 spiro atoms. The number of aromatic amines is 1. The van der Waals surface area contributed by atoms with E-state index in [4.69, 9.17) is 0 Å². The molecule has 0 saturated carbocycles. The van der Waals surface area contributed by atoms with E-state index in [1.807, 2.05) is 11.8 Å². The summed E-state index contributed by atoms with van der Waals surface area (Å²) in [6.07, 6.45) is 0. The molecule has 0 radical (unpaired) electrons. The van der Waals surface area contributed by atoms with Crippen LogP contribution in [-0.2, 0) is 0 Å². The summed E-state index contributed by atoms with van der Waals surface area (Å²) in [5.41, 5.74) is 1.41. The van der Waals surface area contributed by atoms with Crippen LogP contribution in [0.15, 0.2) is 35.4 Å². The van der Waals surface area contributed by atoms with Crippen molar-refractivity contribution in [3.8, 4) is 0 Å². The maximum atomic E-state index is 3.54. The molecule has 0 bridgehead atoms. The zero-order valence-corrected chi connectivity index (χ0v) is 12.4. The van der Waals surface area contributed by atoms with E-state index < -0.39 is 0 Å². The normalized spacial score (nSPS) is 14.0. The van der Waals surface area contributed by atoms with E-state index >= 15 is 0 Å². The van der Waals surface area contributed by atoms with Gasteiger partial charge in [0, 0.05) is 28.2 Å². The minimum atomic E-state index is 0.190. The second kappa shape index (κ2) is 5.37. The Balaban J connectivity index is 1.96. The molecule has 18 heavy (non-hydrogen) atoms. The summed E-state index contributed by atoms with van der Waals surface area (Å²) >= 11 is 1.89. The Morgan fingerprint density at radius 3 is 2.67 bits per heavy atom. The summed E-state index contributed by atoms with van der Waals surface area (Å²) in [4.78, 5) is 3.46. The molecule has 2 aromatic rings. The number of fused-ring (bicyclic) bond motifs is 1. The van der Waals surface area contributed by atoms with Crippen LogP contribution in [0.4, 0.5) is 0 Å². The highest BCUT2D eigenvalue weighted by molar-refractivity contribution is 7.99. The summed E-state index contributed by atoms with van der Waals surface area (Å²) in [5.74, 6) is 0. The molecule has 2 nitrogen and oxygen atoms in total. The van der Waals surface area contributed by atoms with Crippen LogP contribution in [-0.4, -0.2) is 22.3 Å². The van der Waals surface area contributed by atoms with Crippen molar-refractivity contribution < 1.29 is 0 Å². The largest absolute Gasteiger partial charge is 0.350 e. The Morgan fingerprint density at radius 2 is 2.00 bits per heavy atom. The number of H-pyrrole nitrogens is 1. The van der Waals surface area contributed by atoms with Crippen molar-refractivity contribution in [1.82, 2.24) is 10.3 Å². The van der Waals surface area contributed by atoms with Crippen LogP contribution in [0.1, 0.15) is 27.7 Å². The number of aromatic nitrogens is 1. The lowest BCUT2D eigenvalue weighted by molar-refractivity contribution is 0.429. The Hall–Kier alpha value is -0.930. The fourth-order valence-corrected chi connectivity index (χ4v) is 2.78. The fraction of sp³-hybridized carbons (Fsp3) is 0.467. The van der Waals surface area contributed by atoms with E-state index in [-0.39, 0.29) is 5.54 Å². The first-order chi connectivity index (χ1) is 8.44. The summed E-state index contributed by atoms with van der Waals surface area (Å²) in [7, 11) is 0. The molecule has 1 atom stereocenters. The van der Waals surface area contributed by atoms with E-state index in [1.165, 1.54) is 15.9 Å². The zero-order valence-electron chi connectivity index (χ0n) is 11.6. The van der Waals surface area contributed by atoms with E-state index in [9.17, 15) is 0 Å². The maximum absolute atomic E-state index is 3.54. The van der Waals surface area contributed by atoms with Gasteiger partial charge in [-0.1, -0.05) is 25.1 Å². The number of hydrogen-bond donors (Lipinski definition) is 2. The molecule has 0 aliphatic rings. The molecular formula is C15H22N2S. The van der Waals surface area contributed by atoms with Crippen LogP contribution >= 0.6 is 11.8 Å². The molecule has 98 valence electrons. The van der Waals surface area contributed by atoms with Crippen molar-refractivity contribution in [1.29, 1.82) is 0 Å². The highest BCUT2D eigenvalue weighted by Gasteiger charge is 2.12. The quantitative estimate of drug-likeness (QED) is 0.814. The highest BCUT2D eigenvalue weighted by atomic mass is 32.2. The fourth-order valence-electron chi connectivity index (χ4n) is 1.82. The van der Waals surface area contributed by atoms with Gasteiger partial charge in [0.05, 0.1) is 5.03 Å². The number of para-hydroxylation sites is 1. The second-order valence-corrected chi connectivity index (χ2v) is 7.26. The topological polar surface area (TPSA) is 27.8 Å². The van der Waals surface area contributed by atoms with Gasteiger partial charge in [-0.3, -0.25) is 0 Å². The SMILES string of the molecule is CC(CNC(C)(C)C)Sc1cc2ccccc2[nH]1. The van der Waals surface area contributed by atoms with Crippen molar-refractivity contribution in [3.05, 3.63) is 30.3 Å². The number of hydrogen-bond acceptors (Lipinski definition) is 2. The Morgan fingerprint density at radius 1 is 1.28 bits per heavy atom. The van der Waals surface area contributed by atoms with Gasteiger partial charge in [-0.25, -0.2) is 0 Å².